The Morgan fingerprint density at radius 2 is 1.40 bits per heavy atom. The molecule has 0 spiro atoms. The molecule has 9 heterocycles. The highest BCUT2D eigenvalue weighted by Crippen LogP contribution is 2.68. The summed E-state index contributed by atoms with van der Waals surface area (Å²) in [7, 11) is -12.9. The molecule has 0 aromatic carbocycles. The van der Waals surface area contributed by atoms with Gasteiger partial charge in [-0.25, -0.2) is 37.9 Å². The van der Waals surface area contributed by atoms with Crippen LogP contribution in [0.5, 0.6) is 0 Å². The van der Waals surface area contributed by atoms with Gasteiger partial charge in [0.1, 0.15) is 54.1 Å². The maximum absolute atomic E-state index is 14.5. The number of imidazole rings is 3. The number of phosphoric acid groups is 2. The Balaban J connectivity index is 0.890. The molecule has 77 heavy (non-hydrogen) atoms. The van der Waals surface area contributed by atoms with Crippen LogP contribution in [-0.4, -0.2) is 178 Å². The van der Waals surface area contributed by atoms with Crippen molar-refractivity contribution in [3.63, 3.8) is 0 Å². The molecule has 42 heteroatoms. The molecule has 3 saturated heterocycles. The number of H-pyrrole nitrogens is 2. The Morgan fingerprint density at radius 1 is 0.753 bits per heavy atom. The van der Waals surface area contributed by atoms with Crippen molar-refractivity contribution in [2.75, 3.05) is 57.8 Å². The highest BCUT2D eigenvalue weighted by molar-refractivity contribution is 8.08. The summed E-state index contributed by atoms with van der Waals surface area (Å²) in [6.45, 7) is -7.97. The maximum Gasteiger partial charge on any atom is 0.488 e. The zero-order valence-corrected chi connectivity index (χ0v) is 44.3. The van der Waals surface area contributed by atoms with Crippen LogP contribution in [0.15, 0.2) is 34.9 Å². The molecule has 6 aromatic rings. The number of nitrogens with zero attached hydrogens (tertiary/aromatic N) is 10. The van der Waals surface area contributed by atoms with Crippen LogP contribution < -0.4 is 32.9 Å². The van der Waals surface area contributed by atoms with Gasteiger partial charge in [0.15, 0.2) is 41.4 Å². The average molecular weight is 1190 g/mol. The van der Waals surface area contributed by atoms with Crippen LogP contribution in [0.4, 0.5) is 17.7 Å². The van der Waals surface area contributed by atoms with E-state index in [9.17, 15) is 58.2 Å². The van der Waals surface area contributed by atoms with Gasteiger partial charge in [-0.05, 0) is 18.2 Å². The second-order valence-corrected chi connectivity index (χ2v) is 25.4. The number of ether oxygens (including phenoxy) is 5. The molecule has 15 N–H and O–H groups in total. The summed E-state index contributed by atoms with van der Waals surface area (Å²) in [5.74, 6) is -1.51. The number of aliphatic hydroxyl groups excluding tert-OH is 3. The normalized spacial score (nSPS) is 30.0. The fourth-order valence-electron chi connectivity index (χ4n) is 9.19. The molecule has 6 aromatic heterocycles. The van der Waals surface area contributed by atoms with Gasteiger partial charge >= 0.3 is 35.6 Å². The minimum atomic E-state index is -5.98. The molecular formula is C35H50N15O22P4S+. The fraction of sp³-hybridized carbons (Fsp3) is 0.571. The first-order valence-electron chi connectivity index (χ1n) is 22.3. The maximum atomic E-state index is 14.5. The zero-order chi connectivity index (χ0) is 55.7. The number of fused-ring (bicyclic) bond motifs is 3. The number of nitrogen functional groups attached to an aromatic ring is 3. The first-order valence-corrected chi connectivity index (χ1v) is 29.6. The topological polar surface area (TPSA) is 525 Å². The number of nitrogens with one attached hydrogen (secondary N) is 2. The molecule has 0 radical (unpaired) electrons. The first kappa shape index (κ1) is 57.0. The number of methoxy groups -OCH3 is 2. The number of aliphatic hydroxyl groups is 3. The van der Waals surface area contributed by atoms with Crippen molar-refractivity contribution in [3.05, 3.63) is 46.0 Å². The Bertz CT molecular complexity index is 3510. The SMILES string of the molecule is COCC[C@H]1[C@@H](O)[C@H]([n+]2cn(C)c3c(=O)[nH]c(N)nc32)O[C@@H]1COP(=O)(O)OP(=O)(O)OP(O)(=S)OCC1O[C@@H](n2cnc3c(N)ncnc32)[C@H](OC)[C@@H]1P(=O)(O)OC[C@H]1O[C@@H](n2cnc3c(=O)[nH]c(N)nc32)[C@H](O)[C@@H]1O. The number of anilines is 3. The van der Waals surface area contributed by atoms with E-state index in [4.69, 9.17) is 66.3 Å². The third-order valence-electron chi connectivity index (χ3n) is 12.6. The van der Waals surface area contributed by atoms with E-state index in [-0.39, 0.29) is 64.2 Å². The lowest BCUT2D eigenvalue weighted by Gasteiger charge is -2.28. The van der Waals surface area contributed by atoms with E-state index in [1.807, 2.05) is 0 Å². The van der Waals surface area contributed by atoms with Gasteiger partial charge in [-0.15, -0.1) is 0 Å². The van der Waals surface area contributed by atoms with Gasteiger partial charge in [0.2, 0.25) is 17.7 Å². The molecule has 0 bridgehead atoms. The largest absolute Gasteiger partial charge is 0.488 e. The van der Waals surface area contributed by atoms with Crippen LogP contribution in [0.2, 0.25) is 0 Å². The number of nitrogens with two attached hydrogens (primary N) is 3. The number of phosphoric ester groups is 1. The summed E-state index contributed by atoms with van der Waals surface area (Å²) < 4.78 is 99.8. The van der Waals surface area contributed by atoms with Crippen molar-refractivity contribution in [3.8, 4) is 0 Å². The van der Waals surface area contributed by atoms with E-state index in [1.54, 1.807) is 0 Å². The van der Waals surface area contributed by atoms with Crippen LogP contribution in [-0.2, 0) is 78.4 Å². The monoisotopic (exact) mass is 1190 g/mol. The van der Waals surface area contributed by atoms with Crippen molar-refractivity contribution >= 4 is 93.0 Å². The summed E-state index contributed by atoms with van der Waals surface area (Å²) in [5, 5.41) is 33.4. The number of rotatable bonds is 21. The molecule has 0 saturated carbocycles. The Morgan fingerprint density at radius 3 is 2.12 bits per heavy atom. The number of hydrogen-bond donors (Lipinski definition) is 12. The van der Waals surface area contributed by atoms with E-state index in [2.05, 4.69) is 48.5 Å². The Labute approximate surface area is 434 Å². The van der Waals surface area contributed by atoms with Gasteiger partial charge in [0.05, 0.1) is 45.6 Å². The van der Waals surface area contributed by atoms with Gasteiger partial charge in [-0.2, -0.15) is 9.29 Å². The molecular weight excluding hydrogens is 1140 g/mol. The molecule has 5 unspecified atom stereocenters. The van der Waals surface area contributed by atoms with E-state index in [1.165, 1.54) is 40.5 Å². The van der Waals surface area contributed by atoms with Crippen molar-refractivity contribution in [1.82, 2.24) is 53.6 Å². The number of aromatic nitrogens is 12. The second-order valence-electron chi connectivity index (χ2n) is 17.4. The van der Waals surface area contributed by atoms with Crippen LogP contribution in [0.1, 0.15) is 25.1 Å². The molecule has 37 nitrogen and oxygen atoms in total. The lowest BCUT2D eigenvalue weighted by molar-refractivity contribution is -0.745. The summed E-state index contributed by atoms with van der Waals surface area (Å²) in [5.41, 5.74) is 14.1. The zero-order valence-electron chi connectivity index (χ0n) is 39.9. The fourth-order valence-corrected chi connectivity index (χ4v) is 15.4. The summed E-state index contributed by atoms with van der Waals surface area (Å²) in [4.78, 5) is 98.2. The van der Waals surface area contributed by atoms with Crippen LogP contribution in [0.25, 0.3) is 33.5 Å². The molecule has 16 atom stereocenters. The van der Waals surface area contributed by atoms with Crippen LogP contribution in [0.3, 0.4) is 0 Å². The van der Waals surface area contributed by atoms with E-state index in [0.717, 1.165) is 24.3 Å². The molecule has 0 amide bonds. The van der Waals surface area contributed by atoms with Crippen LogP contribution >= 0.6 is 30.0 Å². The van der Waals surface area contributed by atoms with Gasteiger partial charge < -0.3 is 84.8 Å². The number of hydrogen-bond acceptors (Lipinski definition) is 28. The third-order valence-corrected chi connectivity index (χ3v) is 19.6. The molecule has 3 aliphatic heterocycles. The van der Waals surface area contributed by atoms with Crippen molar-refractivity contribution in [1.29, 1.82) is 0 Å². The second kappa shape index (κ2) is 21.8. The van der Waals surface area contributed by atoms with Gasteiger partial charge in [0, 0.05) is 26.7 Å². The highest BCUT2D eigenvalue weighted by Gasteiger charge is 2.57. The minimum absolute atomic E-state index is 0.0134. The smallest absolute Gasteiger partial charge is 0.387 e. The summed E-state index contributed by atoms with van der Waals surface area (Å²) in [6, 6.07) is 0. The molecule has 3 fully saturated rings. The van der Waals surface area contributed by atoms with Gasteiger partial charge in [0.25, 0.3) is 17.1 Å². The third kappa shape index (κ3) is 11.4. The highest BCUT2D eigenvalue weighted by atomic mass is 32.5. The predicted octanol–water partition coefficient (Wildman–Crippen LogP) is -3.23. The average Bonchev–Trinajstić information content (AvgIpc) is 4.20. The van der Waals surface area contributed by atoms with E-state index < -0.39 is 134 Å². The quantitative estimate of drug-likeness (QED) is 0.0249. The number of aryl methyl sites for hydroxylation is 1. The van der Waals surface area contributed by atoms with E-state index in [0.29, 0.717) is 0 Å². The minimum Gasteiger partial charge on any atom is -0.387 e. The summed E-state index contributed by atoms with van der Waals surface area (Å²) in [6.07, 6.45) is -10.4. The first-order chi connectivity index (χ1) is 36.2. The van der Waals surface area contributed by atoms with Crippen molar-refractivity contribution in [2.45, 2.75) is 73.5 Å². The van der Waals surface area contributed by atoms with E-state index >= 15 is 0 Å². The van der Waals surface area contributed by atoms with Gasteiger partial charge in [-0.3, -0.25) is 42.3 Å². The van der Waals surface area contributed by atoms with Crippen molar-refractivity contribution < 1.29 is 99.0 Å². The molecule has 3 aliphatic rings. The number of aromatic amines is 2. The van der Waals surface area contributed by atoms with Crippen molar-refractivity contribution in [2.24, 2.45) is 13.0 Å². The Hall–Kier alpha value is -4.69. The molecule has 422 valence electrons. The molecule has 9 rings (SSSR count). The molecule has 0 aliphatic carbocycles. The van der Waals surface area contributed by atoms with Crippen LogP contribution in [0, 0.1) is 5.92 Å². The predicted molar refractivity (Wildman–Crippen MR) is 259 cm³/mol. The lowest BCUT2D eigenvalue weighted by atomic mass is 9.95. The standard InChI is InChI=1S/C35H49N15O22P4S/c1-47-12-50(28-19(47)30(55)46-35(38)44-28)31-20(51)13(4-5-63-2)14(68-31)6-66-74(58,59)71-75(60,61)72-76(62,77)67-8-16-24(23(64-3)33(70-16)48-10-41-17-25(36)39-9-40-26(17)48)73(56,57)65-7-15-21(52)22(53)32(69-15)49-11-42-18-27(49)43-34(37)45-29(18)54/h9-16,20-24,31-33,51-53H,4-8H2,1-3H3,(H11-,36,37,38,39,40,43,44,45,46,54,55,56,57,58,59,60,61,62,77)/p+1/t13-,14-,15-,16?,20-,21-,22-,23-,24-,31-,32-,33-,76?/m1/s1. The van der Waals surface area contributed by atoms with Gasteiger partial charge in [-0.1, -0.05) is 4.98 Å². The lowest BCUT2D eigenvalue weighted by Crippen LogP contribution is -2.45. The summed E-state index contributed by atoms with van der Waals surface area (Å²) >= 11 is 4.96. The Kier molecular flexibility index (Phi) is 16.1.